The van der Waals surface area contributed by atoms with Crippen molar-refractivity contribution < 1.29 is 9.84 Å². The Bertz CT molecular complexity index is 277. The fourth-order valence-electron chi connectivity index (χ4n) is 1.04. The zero-order valence-electron chi connectivity index (χ0n) is 8.18. The van der Waals surface area contributed by atoms with E-state index in [9.17, 15) is 0 Å². The highest BCUT2D eigenvalue weighted by Gasteiger charge is 2.11. The molecule has 3 N–H and O–H groups in total. The molecule has 0 aliphatic rings. The van der Waals surface area contributed by atoms with Crippen LogP contribution in [0.4, 0.5) is 0 Å². The number of aromatic nitrogens is 2. The van der Waals surface area contributed by atoms with Gasteiger partial charge in [-0.1, -0.05) is 0 Å². The van der Waals surface area contributed by atoms with Gasteiger partial charge in [0.1, 0.15) is 5.82 Å². The lowest BCUT2D eigenvalue weighted by Gasteiger charge is -2.10. The molecule has 0 spiro atoms. The molecule has 0 aliphatic heterocycles. The predicted molar refractivity (Wildman–Crippen MR) is 52.1 cm³/mol. The zero-order valence-corrected chi connectivity index (χ0v) is 8.18. The first-order valence-electron chi connectivity index (χ1n) is 4.58. The normalized spacial score (nSPS) is 12.5. The predicted octanol–water partition coefficient (Wildman–Crippen LogP) is -0.0901. The quantitative estimate of drug-likeness (QED) is 0.689. The highest BCUT2D eigenvalue weighted by molar-refractivity contribution is 5.11. The molecular formula is C9H15N3O2. The van der Waals surface area contributed by atoms with Crippen LogP contribution >= 0.6 is 0 Å². The van der Waals surface area contributed by atoms with Gasteiger partial charge in [-0.2, -0.15) is 4.98 Å². The molecule has 0 amide bonds. The molecule has 1 rings (SSSR count). The van der Waals surface area contributed by atoms with E-state index in [1.165, 1.54) is 0 Å². The monoisotopic (exact) mass is 197 g/mol. The van der Waals surface area contributed by atoms with Crippen LogP contribution < -0.4 is 10.5 Å². The Labute approximate surface area is 82.9 Å². The Hall–Kier alpha value is -1.20. The third kappa shape index (κ3) is 2.65. The smallest absolute Gasteiger partial charge is 0.216 e. The van der Waals surface area contributed by atoms with Gasteiger partial charge in [-0.15, -0.1) is 0 Å². The molecule has 1 atom stereocenters. The van der Waals surface area contributed by atoms with Crippen LogP contribution in [0.15, 0.2) is 12.3 Å². The number of aliphatic hydroxyl groups is 1. The second-order valence-electron chi connectivity index (χ2n) is 2.80. The fraction of sp³-hybridized carbons (Fsp3) is 0.556. The van der Waals surface area contributed by atoms with Gasteiger partial charge in [0.2, 0.25) is 5.88 Å². The van der Waals surface area contributed by atoms with Crippen molar-refractivity contribution >= 4 is 0 Å². The molecule has 5 nitrogen and oxygen atoms in total. The summed E-state index contributed by atoms with van der Waals surface area (Å²) in [6.07, 6.45) is 1.60. The summed E-state index contributed by atoms with van der Waals surface area (Å²) in [7, 11) is 0. The number of nitrogens with two attached hydrogens (primary N) is 1. The minimum atomic E-state index is -0.213. The summed E-state index contributed by atoms with van der Waals surface area (Å²) in [5, 5.41) is 9.00. The summed E-state index contributed by atoms with van der Waals surface area (Å²) in [4.78, 5) is 8.16. The lowest BCUT2D eigenvalue weighted by atomic mass is 10.1. The Morgan fingerprint density at radius 3 is 3.00 bits per heavy atom. The molecule has 1 aromatic heterocycles. The molecule has 5 heteroatoms. The number of ether oxygens (including phenoxy) is 1. The minimum absolute atomic E-state index is 0.0495. The van der Waals surface area contributed by atoms with Crippen LogP contribution in [-0.4, -0.2) is 34.8 Å². The van der Waals surface area contributed by atoms with E-state index in [-0.39, 0.29) is 12.5 Å². The summed E-state index contributed by atoms with van der Waals surface area (Å²) in [6.45, 7) is 2.72. The van der Waals surface area contributed by atoms with E-state index in [0.29, 0.717) is 24.9 Å². The maximum absolute atomic E-state index is 9.00. The van der Waals surface area contributed by atoms with Crippen LogP contribution in [0.3, 0.4) is 0 Å². The van der Waals surface area contributed by atoms with Crippen LogP contribution in [0.25, 0.3) is 0 Å². The number of hydrogen-bond donors (Lipinski definition) is 2. The van der Waals surface area contributed by atoms with Gasteiger partial charge in [0.05, 0.1) is 19.1 Å². The van der Waals surface area contributed by atoms with E-state index >= 15 is 0 Å². The summed E-state index contributed by atoms with van der Waals surface area (Å²) in [5.74, 6) is 0.834. The number of aliphatic hydroxyl groups excluding tert-OH is 1. The Balaban J connectivity index is 2.81. The third-order valence-corrected chi connectivity index (χ3v) is 1.81. The number of nitrogens with zero attached hydrogens (tertiary/aromatic N) is 2. The number of rotatable bonds is 5. The topological polar surface area (TPSA) is 81.3 Å². The van der Waals surface area contributed by atoms with Crippen LogP contribution in [-0.2, 0) is 0 Å². The molecule has 0 saturated heterocycles. The van der Waals surface area contributed by atoms with Crippen molar-refractivity contribution in [3.05, 3.63) is 18.1 Å². The SMILES string of the molecule is CCOc1ccnc(C(CN)CO)n1. The van der Waals surface area contributed by atoms with Crippen LogP contribution in [0.5, 0.6) is 5.88 Å². The second-order valence-corrected chi connectivity index (χ2v) is 2.80. The van der Waals surface area contributed by atoms with Crippen molar-refractivity contribution in [3.8, 4) is 5.88 Å². The van der Waals surface area contributed by atoms with Crippen LogP contribution in [0, 0.1) is 0 Å². The van der Waals surface area contributed by atoms with Gasteiger partial charge in [0, 0.05) is 18.8 Å². The lowest BCUT2D eigenvalue weighted by molar-refractivity contribution is 0.261. The summed E-state index contributed by atoms with van der Waals surface area (Å²) in [6, 6.07) is 1.68. The van der Waals surface area contributed by atoms with Gasteiger partial charge in [-0.25, -0.2) is 4.98 Å². The molecule has 0 aliphatic carbocycles. The molecule has 1 unspecified atom stereocenters. The van der Waals surface area contributed by atoms with E-state index < -0.39 is 0 Å². The molecule has 0 fully saturated rings. The van der Waals surface area contributed by atoms with Crippen molar-refractivity contribution in [2.75, 3.05) is 19.8 Å². The second kappa shape index (κ2) is 5.51. The minimum Gasteiger partial charge on any atom is -0.478 e. The van der Waals surface area contributed by atoms with Crippen molar-refractivity contribution in [1.29, 1.82) is 0 Å². The number of hydrogen-bond acceptors (Lipinski definition) is 5. The van der Waals surface area contributed by atoms with Gasteiger partial charge in [-0.3, -0.25) is 0 Å². The van der Waals surface area contributed by atoms with E-state index in [1.54, 1.807) is 12.3 Å². The van der Waals surface area contributed by atoms with Crippen molar-refractivity contribution in [1.82, 2.24) is 9.97 Å². The molecule has 0 bridgehead atoms. The van der Waals surface area contributed by atoms with Gasteiger partial charge >= 0.3 is 0 Å². The standard InChI is InChI=1S/C9H15N3O2/c1-2-14-8-3-4-11-9(12-8)7(5-10)6-13/h3-4,7,13H,2,5-6,10H2,1H3. The van der Waals surface area contributed by atoms with E-state index in [2.05, 4.69) is 9.97 Å². The van der Waals surface area contributed by atoms with Crippen LogP contribution in [0.2, 0.25) is 0 Å². The first-order chi connectivity index (χ1) is 6.81. The molecule has 1 heterocycles. The maximum atomic E-state index is 9.00. The van der Waals surface area contributed by atoms with Crippen molar-refractivity contribution in [2.45, 2.75) is 12.8 Å². The molecular weight excluding hydrogens is 182 g/mol. The van der Waals surface area contributed by atoms with Gasteiger partial charge < -0.3 is 15.6 Å². The summed E-state index contributed by atoms with van der Waals surface area (Å²) in [5.41, 5.74) is 5.46. The fourth-order valence-corrected chi connectivity index (χ4v) is 1.04. The molecule has 0 saturated carbocycles. The molecule has 14 heavy (non-hydrogen) atoms. The summed E-state index contributed by atoms with van der Waals surface area (Å²) < 4.78 is 5.21. The first kappa shape index (κ1) is 10.9. The Morgan fingerprint density at radius 1 is 1.64 bits per heavy atom. The highest BCUT2D eigenvalue weighted by Crippen LogP contribution is 2.12. The molecule has 0 radical (unpaired) electrons. The maximum Gasteiger partial charge on any atom is 0.216 e. The molecule has 0 aromatic carbocycles. The molecule has 78 valence electrons. The summed E-state index contributed by atoms with van der Waals surface area (Å²) >= 11 is 0. The first-order valence-corrected chi connectivity index (χ1v) is 4.58. The average Bonchev–Trinajstić information content (AvgIpc) is 2.21. The van der Waals surface area contributed by atoms with Gasteiger partial charge in [-0.05, 0) is 6.92 Å². The van der Waals surface area contributed by atoms with Gasteiger partial charge in [0.15, 0.2) is 0 Å². The average molecular weight is 197 g/mol. The zero-order chi connectivity index (χ0) is 10.4. The largest absolute Gasteiger partial charge is 0.478 e. The van der Waals surface area contributed by atoms with E-state index in [1.807, 2.05) is 6.92 Å². The van der Waals surface area contributed by atoms with E-state index in [0.717, 1.165) is 0 Å². The Kier molecular flexibility index (Phi) is 4.28. The lowest BCUT2D eigenvalue weighted by Crippen LogP contribution is -2.18. The van der Waals surface area contributed by atoms with Gasteiger partial charge in [0.25, 0.3) is 0 Å². The van der Waals surface area contributed by atoms with Crippen molar-refractivity contribution in [3.63, 3.8) is 0 Å². The Morgan fingerprint density at radius 2 is 2.43 bits per heavy atom. The van der Waals surface area contributed by atoms with E-state index in [4.69, 9.17) is 15.6 Å². The van der Waals surface area contributed by atoms with Crippen LogP contribution in [0.1, 0.15) is 18.7 Å². The highest BCUT2D eigenvalue weighted by atomic mass is 16.5. The third-order valence-electron chi connectivity index (χ3n) is 1.81. The molecule has 1 aromatic rings. The van der Waals surface area contributed by atoms with Crippen molar-refractivity contribution in [2.24, 2.45) is 5.73 Å².